The molecule has 18 rings (SSSR count). The van der Waals surface area contributed by atoms with Crippen LogP contribution in [-0.4, -0.2) is 113 Å². The first-order valence-electron chi connectivity index (χ1n) is 45.9. The molecule has 0 saturated heterocycles. The van der Waals surface area contributed by atoms with Crippen LogP contribution in [0, 0.1) is 136 Å². The van der Waals surface area contributed by atoms with Gasteiger partial charge in [0.2, 0.25) is 0 Å². The van der Waals surface area contributed by atoms with E-state index < -0.39 is 65.6 Å². The number of nitrogens with zero attached hydrogens (tertiary/aromatic N) is 4. The Morgan fingerprint density at radius 3 is 1.14 bits per heavy atom. The van der Waals surface area contributed by atoms with Crippen molar-refractivity contribution in [2.24, 2.45) is 150 Å². The summed E-state index contributed by atoms with van der Waals surface area (Å²) < 4.78 is 3.83. The lowest BCUT2D eigenvalue weighted by molar-refractivity contribution is -0.153. The zero-order chi connectivity index (χ0) is 86.5. The van der Waals surface area contributed by atoms with Crippen molar-refractivity contribution >= 4 is 87.5 Å². The molecule has 0 aromatic carbocycles. The molecular formula is C101H142Cl4N4O9. The summed E-state index contributed by atoms with van der Waals surface area (Å²) in [5.41, 5.74) is 6.74. The van der Waals surface area contributed by atoms with E-state index in [1.54, 1.807) is 12.2 Å². The summed E-state index contributed by atoms with van der Waals surface area (Å²) in [5.74, 6) is 4.67. The monoisotopic (exact) mass is 1690 g/mol. The third kappa shape index (κ3) is 10.9. The molecule has 16 aliphatic carbocycles. The zero-order valence-corrected chi connectivity index (χ0v) is 78.4. The number of aromatic nitrogens is 4. The average molecular weight is 1700 g/mol. The van der Waals surface area contributed by atoms with Crippen LogP contribution in [0.3, 0.4) is 0 Å². The van der Waals surface area contributed by atoms with Gasteiger partial charge in [0.25, 0.3) is 0 Å². The maximum Gasteiger partial charge on any atom is 0.178 e. The van der Waals surface area contributed by atoms with E-state index in [4.69, 9.17) is 46.4 Å². The molecule has 4 N–H and O–H groups in total. The van der Waals surface area contributed by atoms with Gasteiger partial charge in [0.05, 0.1) is 61.5 Å². The number of Topliss-reactive ketones (excluding diaryl/α,β-unsaturated/α-hetero) is 4. The van der Waals surface area contributed by atoms with Crippen molar-refractivity contribution in [3.05, 3.63) is 106 Å². The van der Waals surface area contributed by atoms with Gasteiger partial charge in [0, 0.05) is 89.3 Å². The lowest BCUT2D eigenvalue weighted by atomic mass is 9.43. The van der Waals surface area contributed by atoms with Crippen molar-refractivity contribution in [1.82, 2.24) is 19.6 Å². The molecular weight excluding hydrogens is 1550 g/mol. The number of carbonyl (C=O) groups excluding carboxylic acids is 5. The van der Waals surface area contributed by atoms with Crippen LogP contribution in [0.2, 0.25) is 0 Å². The van der Waals surface area contributed by atoms with Crippen molar-refractivity contribution in [2.75, 3.05) is 0 Å². The van der Waals surface area contributed by atoms with Crippen molar-refractivity contribution in [1.29, 1.82) is 0 Å². The Labute approximate surface area is 726 Å². The van der Waals surface area contributed by atoms with Crippen LogP contribution >= 0.6 is 46.4 Å². The molecule has 648 valence electrons. The molecule has 0 unspecified atom stereocenters. The van der Waals surface area contributed by atoms with Gasteiger partial charge in [-0.2, -0.15) is 10.2 Å². The Kier molecular flexibility index (Phi) is 21.6. The van der Waals surface area contributed by atoms with Crippen molar-refractivity contribution in [3.63, 3.8) is 0 Å². The van der Waals surface area contributed by atoms with Gasteiger partial charge in [-0.1, -0.05) is 192 Å². The van der Waals surface area contributed by atoms with Crippen LogP contribution in [-0.2, 0) is 50.9 Å². The van der Waals surface area contributed by atoms with E-state index in [0.717, 1.165) is 107 Å². The second-order valence-corrected chi connectivity index (χ2v) is 46.7. The van der Waals surface area contributed by atoms with Gasteiger partial charge in [0.1, 0.15) is 23.1 Å². The van der Waals surface area contributed by atoms with Crippen molar-refractivity contribution in [2.45, 2.75) is 324 Å². The summed E-state index contributed by atoms with van der Waals surface area (Å²) in [6.45, 7) is 47.4. The van der Waals surface area contributed by atoms with Crippen LogP contribution in [0.15, 0.2) is 83.3 Å². The number of alkyl halides is 4. The number of ketones is 5. The highest BCUT2D eigenvalue weighted by Crippen LogP contribution is 2.80. The van der Waals surface area contributed by atoms with Crippen LogP contribution < -0.4 is 0 Å². The van der Waals surface area contributed by atoms with E-state index in [0.29, 0.717) is 116 Å². The lowest BCUT2D eigenvalue weighted by Gasteiger charge is -2.65. The molecule has 17 heteroatoms. The third-order valence-electron chi connectivity index (χ3n) is 41.0. The normalized spacial score (nSPS) is 50.3. The molecule has 0 spiro atoms. The molecule has 2 aromatic heterocycles. The second kappa shape index (κ2) is 28.7. The lowest BCUT2D eigenvalue weighted by Crippen LogP contribution is -2.68. The topological polar surface area (TPSA) is 202 Å². The molecule has 13 nitrogen and oxygen atoms in total. The number of allylic oxidation sites excluding steroid dienone is 11. The molecule has 2 aromatic rings. The number of hydrogen-bond acceptors (Lipinski definition) is 11. The van der Waals surface area contributed by atoms with Gasteiger partial charge in [-0.05, 0) is 249 Å². The minimum absolute atomic E-state index is 0.0111. The summed E-state index contributed by atoms with van der Waals surface area (Å²) in [6.07, 6.45) is 35.5. The Balaban J connectivity index is 0.000000123. The fraction of sp³-hybridized carbons (Fsp3) is 0.752. The fourth-order valence-corrected chi connectivity index (χ4v) is 35.1. The zero-order valence-electron chi connectivity index (χ0n) is 75.4. The SMILES string of the molecule is C=C1C=C[C@@]2(C)C(=C1)CC[C@H]1[C@@H]3C[C@H](C)[C@](C)(C(=O)CC)[C@@]3(C)C[C@H](O)[C@@]12Cl.CCC(=O)[C@@]1(C)[C@@H](C)C[C@H]2[C@@H]3CCC4=CC(=O)C=C[C@]4(C)[C@@]3(Cl)[C@@H](O)C[C@@]21C.CCC(=O)[C@@]1(C)[C@@H](C)C[C@H]2[C@@H]3CCC4=Cc5c(cnn5C)C[C@]4(C)[C@@]3(Cl)[C@@H](O)C[C@@]21C.CCC(=O)[C@@]1(C)[C@@H](C)C[C@H]2[C@@H]3CCC4=Cc5nn(C)cc5C[C@]4(C)[C@@]3(Cl)[C@@H](O)C[C@@]21C. The number of aryl methyl sites for hydroxylation is 2. The molecule has 0 bridgehead atoms. The van der Waals surface area contributed by atoms with E-state index in [-0.39, 0.29) is 78.7 Å². The molecule has 0 amide bonds. The molecule has 0 radical (unpaired) electrons. The summed E-state index contributed by atoms with van der Waals surface area (Å²) in [6, 6.07) is 0. The molecule has 12 fully saturated rings. The Bertz CT molecular complexity index is 4590. The number of aliphatic hydroxyl groups excluding tert-OH is 4. The average Bonchev–Trinajstić information content (AvgIpc) is 1.43. The standard InChI is InChI=1S/2C26H37ClN2O2.C25H35ClO2.C24H33ClO3/c1-7-21(30)25(5)15(2)10-19-18-9-8-17-11-20-16(14-29(6)28-20)12-23(17,3)26(18,27)22(31)13-24(19,25)4;1-7-21(30)25(5)15(2)10-19-18-9-8-17-11-20-16(14-28-29(20)6)12-23(17,3)26(18,27)22(31)13-24(19,25)4;1-7-20(27)24(6)16(3)13-19-18-9-8-17-12-15(2)10-11-22(17,4)25(18,26)21(28)14-23(19,24)5;1-6-19(27)23(5)14(2)11-18-17-8-7-15-12-16(26)9-10-21(15,3)24(17,25)20(28)13-22(18,23)4/h2*11,14-15,18-19,22,31H,7-10,12-13H2,1-6H3;10-12,16,18-19,21,28H,2,7-9,13-14H2,1,3-6H3;9-10,12,14,17-18,20,28H,6-8,11,13H2,1-5H3/t2*15-,18-,19-,22-,23-,24-,25+,26-;16-,18-,19-,21-,22-,23-,24+,25-;14-,17-,18-,20-,21-,22-,23+,24-/m0000/s1. The van der Waals surface area contributed by atoms with Gasteiger partial charge in [-0.3, -0.25) is 33.3 Å². The van der Waals surface area contributed by atoms with Gasteiger partial charge in [0.15, 0.2) is 5.78 Å². The predicted octanol–water partition coefficient (Wildman–Crippen LogP) is 21.0. The van der Waals surface area contributed by atoms with E-state index in [9.17, 15) is 44.4 Å². The van der Waals surface area contributed by atoms with Crippen LogP contribution in [0.1, 0.15) is 289 Å². The number of carbonyl (C=O) groups is 5. The first-order valence-corrected chi connectivity index (χ1v) is 47.4. The quantitative estimate of drug-likeness (QED) is 0.183. The molecule has 0 aliphatic heterocycles. The summed E-state index contributed by atoms with van der Waals surface area (Å²) in [7, 11) is 3.96. The summed E-state index contributed by atoms with van der Waals surface area (Å²) in [5, 5.41) is 55.9. The highest BCUT2D eigenvalue weighted by atomic mass is 35.5. The molecule has 118 heavy (non-hydrogen) atoms. The van der Waals surface area contributed by atoms with Gasteiger partial charge >= 0.3 is 0 Å². The van der Waals surface area contributed by atoms with Crippen molar-refractivity contribution < 1.29 is 44.4 Å². The fourth-order valence-electron chi connectivity index (χ4n) is 33.0. The Morgan fingerprint density at radius 2 is 0.771 bits per heavy atom. The van der Waals surface area contributed by atoms with Crippen LogP contribution in [0.25, 0.3) is 12.2 Å². The van der Waals surface area contributed by atoms with Gasteiger partial charge in [-0.25, -0.2) is 0 Å². The maximum atomic E-state index is 13.3. The summed E-state index contributed by atoms with van der Waals surface area (Å²) in [4.78, 5) is 61.7. The largest absolute Gasteiger partial charge is 0.391 e. The number of hydrogen-bond donors (Lipinski definition) is 4. The van der Waals surface area contributed by atoms with Gasteiger partial charge in [-0.15, -0.1) is 46.4 Å². The van der Waals surface area contributed by atoms with Crippen LogP contribution in [0.4, 0.5) is 0 Å². The predicted molar refractivity (Wildman–Crippen MR) is 474 cm³/mol. The number of halogens is 4. The van der Waals surface area contributed by atoms with Crippen LogP contribution in [0.5, 0.6) is 0 Å². The highest BCUT2D eigenvalue weighted by molar-refractivity contribution is 6.27. The first-order chi connectivity index (χ1) is 54.8. The highest BCUT2D eigenvalue weighted by Gasteiger charge is 2.79. The molecule has 12 saturated carbocycles. The number of rotatable bonds is 8. The van der Waals surface area contributed by atoms with Gasteiger partial charge < -0.3 is 20.4 Å². The van der Waals surface area contributed by atoms with E-state index in [2.05, 4.69) is 164 Å². The smallest absolute Gasteiger partial charge is 0.178 e. The number of fused-ring (bicyclic) bond motifs is 22. The van der Waals surface area contributed by atoms with Crippen molar-refractivity contribution in [3.8, 4) is 0 Å². The number of aliphatic hydroxyl groups is 4. The molecule has 16 aliphatic rings. The van der Waals surface area contributed by atoms with E-state index >= 15 is 0 Å². The first kappa shape index (κ1) is 88.8. The minimum atomic E-state index is -0.835. The Morgan fingerprint density at radius 1 is 0.449 bits per heavy atom. The molecule has 2 heterocycles. The Hall–Kier alpha value is -4.05. The minimum Gasteiger partial charge on any atom is -0.391 e. The maximum absolute atomic E-state index is 13.3. The van der Waals surface area contributed by atoms with E-state index in [1.807, 2.05) is 63.4 Å². The summed E-state index contributed by atoms with van der Waals surface area (Å²) >= 11 is 30.3. The third-order valence-corrected chi connectivity index (χ3v) is 44.8. The second-order valence-electron chi connectivity index (χ2n) is 44.2. The molecule has 32 atom stereocenters. The van der Waals surface area contributed by atoms with E-state index in [1.165, 1.54) is 33.5 Å².